The lowest BCUT2D eigenvalue weighted by atomic mass is 10.0. The van der Waals surface area contributed by atoms with E-state index in [0.29, 0.717) is 24.5 Å². The summed E-state index contributed by atoms with van der Waals surface area (Å²) in [5, 5.41) is 7.09. The number of nitrogens with zero attached hydrogens (tertiary/aromatic N) is 2. The highest BCUT2D eigenvalue weighted by atomic mass is 19.4. The molecule has 0 fully saturated rings. The molecule has 1 amide bonds. The zero-order valence-electron chi connectivity index (χ0n) is 18.8. The van der Waals surface area contributed by atoms with E-state index in [1.165, 1.54) is 6.33 Å². The maximum absolute atomic E-state index is 12.8. The van der Waals surface area contributed by atoms with Gasteiger partial charge in [0.1, 0.15) is 12.1 Å². The van der Waals surface area contributed by atoms with Gasteiger partial charge in [0.05, 0.1) is 17.1 Å². The Balaban J connectivity index is 1.55. The number of nitrogens with one attached hydrogen (secondary N) is 2. The number of halogens is 3. The van der Waals surface area contributed by atoms with Gasteiger partial charge < -0.3 is 15.4 Å². The van der Waals surface area contributed by atoms with Crippen molar-refractivity contribution in [1.29, 1.82) is 0 Å². The minimum absolute atomic E-state index is 0.130. The highest BCUT2D eigenvalue weighted by molar-refractivity contribution is 6.04. The van der Waals surface area contributed by atoms with Gasteiger partial charge in [-0.2, -0.15) is 13.2 Å². The quantitative estimate of drug-likeness (QED) is 0.319. The molecule has 0 saturated heterocycles. The topological polar surface area (TPSA) is 76.1 Å². The van der Waals surface area contributed by atoms with Gasteiger partial charge in [-0.1, -0.05) is 24.3 Å². The van der Waals surface area contributed by atoms with E-state index in [1.54, 1.807) is 19.2 Å². The molecule has 1 atom stereocenters. The van der Waals surface area contributed by atoms with Crippen LogP contribution in [0.5, 0.6) is 0 Å². The van der Waals surface area contributed by atoms with Crippen LogP contribution in [-0.4, -0.2) is 29.6 Å². The zero-order valence-corrected chi connectivity index (χ0v) is 18.8. The van der Waals surface area contributed by atoms with Gasteiger partial charge in [0, 0.05) is 30.4 Å². The fourth-order valence-electron chi connectivity index (χ4n) is 3.69. The van der Waals surface area contributed by atoms with Gasteiger partial charge >= 0.3 is 6.18 Å². The second-order valence-corrected chi connectivity index (χ2v) is 7.87. The third-order valence-electron chi connectivity index (χ3n) is 5.49. The lowest BCUT2D eigenvalue weighted by Gasteiger charge is -2.21. The Bertz CT molecular complexity index is 1300. The summed E-state index contributed by atoms with van der Waals surface area (Å²) < 4.78 is 43.7. The number of amides is 1. The van der Waals surface area contributed by atoms with Crippen LogP contribution in [0, 0.1) is 0 Å². The SMILES string of the molecule is COCCC(Nc1ncnc2ccccc12)c1cccc(NC(=O)c2ccc(C(F)(F)F)cc2)c1. The molecule has 0 aliphatic carbocycles. The average Bonchev–Trinajstić information content (AvgIpc) is 2.86. The summed E-state index contributed by atoms with van der Waals surface area (Å²) >= 11 is 0. The number of ether oxygens (including phenoxy) is 1. The smallest absolute Gasteiger partial charge is 0.385 e. The summed E-state index contributed by atoms with van der Waals surface area (Å²) in [6, 6.07) is 18.8. The van der Waals surface area contributed by atoms with Crippen LogP contribution in [0.25, 0.3) is 10.9 Å². The van der Waals surface area contributed by atoms with Crippen LogP contribution in [0.3, 0.4) is 0 Å². The molecule has 180 valence electrons. The molecule has 0 aliphatic heterocycles. The fraction of sp³-hybridized carbons (Fsp3) is 0.192. The van der Waals surface area contributed by atoms with E-state index < -0.39 is 17.6 Å². The number of aromatic nitrogens is 2. The Morgan fingerprint density at radius 3 is 2.51 bits per heavy atom. The van der Waals surface area contributed by atoms with E-state index in [0.717, 1.165) is 40.7 Å². The van der Waals surface area contributed by atoms with Crippen LogP contribution >= 0.6 is 0 Å². The van der Waals surface area contributed by atoms with E-state index in [4.69, 9.17) is 4.74 Å². The fourth-order valence-corrected chi connectivity index (χ4v) is 3.69. The average molecular weight is 480 g/mol. The molecule has 0 aliphatic rings. The van der Waals surface area contributed by atoms with Crippen molar-refractivity contribution in [3.8, 4) is 0 Å². The number of hydrogen-bond acceptors (Lipinski definition) is 5. The summed E-state index contributed by atoms with van der Waals surface area (Å²) in [5.74, 6) is 0.176. The largest absolute Gasteiger partial charge is 0.416 e. The van der Waals surface area contributed by atoms with Gasteiger partial charge in [-0.15, -0.1) is 0 Å². The predicted octanol–water partition coefficient (Wildman–Crippen LogP) is 6.09. The minimum Gasteiger partial charge on any atom is -0.385 e. The molecule has 0 saturated carbocycles. The van der Waals surface area contributed by atoms with Crippen molar-refractivity contribution in [1.82, 2.24) is 9.97 Å². The molecule has 4 rings (SSSR count). The Morgan fingerprint density at radius 2 is 1.77 bits per heavy atom. The van der Waals surface area contributed by atoms with Crippen LogP contribution in [0.2, 0.25) is 0 Å². The summed E-state index contributed by atoms with van der Waals surface area (Å²) in [5.41, 5.74) is 1.54. The zero-order chi connectivity index (χ0) is 24.8. The lowest BCUT2D eigenvalue weighted by Crippen LogP contribution is -2.16. The second kappa shape index (κ2) is 10.5. The first kappa shape index (κ1) is 24.2. The van der Waals surface area contributed by atoms with Crippen molar-refractivity contribution in [3.63, 3.8) is 0 Å². The molecular weight excluding hydrogens is 457 g/mol. The van der Waals surface area contributed by atoms with Gasteiger partial charge in [-0.3, -0.25) is 4.79 Å². The number of hydrogen-bond donors (Lipinski definition) is 2. The molecular formula is C26H23F3N4O2. The molecule has 9 heteroatoms. The van der Waals surface area contributed by atoms with Crippen LogP contribution in [0.15, 0.2) is 79.1 Å². The van der Waals surface area contributed by atoms with Gasteiger partial charge in [-0.05, 0) is 60.5 Å². The van der Waals surface area contributed by atoms with Gasteiger partial charge in [0.25, 0.3) is 5.91 Å². The van der Waals surface area contributed by atoms with E-state index in [1.807, 2.05) is 36.4 Å². The van der Waals surface area contributed by atoms with E-state index in [-0.39, 0.29) is 11.6 Å². The molecule has 6 nitrogen and oxygen atoms in total. The van der Waals surface area contributed by atoms with Crippen LogP contribution < -0.4 is 10.6 Å². The summed E-state index contributed by atoms with van der Waals surface area (Å²) in [4.78, 5) is 21.3. The number of alkyl halides is 3. The lowest BCUT2D eigenvalue weighted by molar-refractivity contribution is -0.137. The Labute approximate surface area is 200 Å². The van der Waals surface area contributed by atoms with Gasteiger partial charge in [-0.25, -0.2) is 9.97 Å². The first-order chi connectivity index (χ1) is 16.8. The van der Waals surface area contributed by atoms with Crippen molar-refractivity contribution in [2.75, 3.05) is 24.4 Å². The highest BCUT2D eigenvalue weighted by Crippen LogP contribution is 2.30. The van der Waals surface area contributed by atoms with E-state index >= 15 is 0 Å². The van der Waals surface area contributed by atoms with Crippen LogP contribution in [0.4, 0.5) is 24.7 Å². The van der Waals surface area contributed by atoms with Gasteiger partial charge in [0.2, 0.25) is 0 Å². The number of benzene rings is 3. The summed E-state index contributed by atoms with van der Waals surface area (Å²) in [6.45, 7) is 0.489. The van der Waals surface area contributed by atoms with Crippen molar-refractivity contribution >= 4 is 28.3 Å². The third-order valence-corrected chi connectivity index (χ3v) is 5.49. The number of para-hydroxylation sites is 1. The summed E-state index contributed by atoms with van der Waals surface area (Å²) in [7, 11) is 1.62. The maximum Gasteiger partial charge on any atom is 0.416 e. The third kappa shape index (κ3) is 5.93. The van der Waals surface area contributed by atoms with Crippen molar-refractivity contribution in [2.45, 2.75) is 18.6 Å². The normalized spacial score (nSPS) is 12.3. The molecule has 1 heterocycles. The van der Waals surface area contributed by atoms with Crippen LogP contribution in [-0.2, 0) is 10.9 Å². The standard InChI is InChI=1S/C26H23F3N4O2/c1-35-14-13-22(33-24-21-7-2-3-8-23(21)30-16-31-24)18-5-4-6-20(15-18)32-25(34)17-9-11-19(12-10-17)26(27,28)29/h2-12,15-16,22H,13-14H2,1H3,(H,32,34)(H,30,31,33). The monoisotopic (exact) mass is 480 g/mol. The van der Waals surface area contributed by atoms with E-state index in [9.17, 15) is 18.0 Å². The molecule has 3 aromatic carbocycles. The van der Waals surface area contributed by atoms with Crippen molar-refractivity contribution in [3.05, 3.63) is 95.8 Å². The number of anilines is 2. The molecule has 0 radical (unpaired) electrons. The number of carbonyl (C=O) groups excluding carboxylic acids is 1. The molecule has 0 bridgehead atoms. The van der Waals surface area contributed by atoms with Crippen LogP contribution in [0.1, 0.15) is 33.9 Å². The molecule has 35 heavy (non-hydrogen) atoms. The maximum atomic E-state index is 12.8. The molecule has 1 aromatic heterocycles. The van der Waals surface area contributed by atoms with E-state index in [2.05, 4.69) is 20.6 Å². The molecule has 4 aromatic rings. The first-order valence-corrected chi connectivity index (χ1v) is 10.9. The predicted molar refractivity (Wildman–Crippen MR) is 128 cm³/mol. The number of methoxy groups -OCH3 is 1. The minimum atomic E-state index is -4.46. The number of rotatable bonds is 8. The number of fused-ring (bicyclic) bond motifs is 1. The molecule has 0 spiro atoms. The summed E-state index contributed by atoms with van der Waals surface area (Å²) in [6.07, 6.45) is -2.33. The van der Waals surface area contributed by atoms with Crippen molar-refractivity contribution < 1.29 is 22.7 Å². The first-order valence-electron chi connectivity index (χ1n) is 10.9. The Hall–Kier alpha value is -3.98. The molecule has 2 N–H and O–H groups in total. The number of carbonyl (C=O) groups is 1. The van der Waals surface area contributed by atoms with Crippen molar-refractivity contribution in [2.24, 2.45) is 0 Å². The second-order valence-electron chi connectivity index (χ2n) is 7.87. The highest BCUT2D eigenvalue weighted by Gasteiger charge is 2.30. The Morgan fingerprint density at radius 1 is 1.00 bits per heavy atom. The van der Waals surface area contributed by atoms with Gasteiger partial charge in [0.15, 0.2) is 0 Å². The Kier molecular flexibility index (Phi) is 7.26. The molecule has 1 unspecified atom stereocenters.